The van der Waals surface area contributed by atoms with E-state index in [-0.39, 0.29) is 12.5 Å². The van der Waals surface area contributed by atoms with Crippen LogP contribution >= 0.6 is 0 Å². The van der Waals surface area contributed by atoms with Crippen LogP contribution in [-0.4, -0.2) is 46.3 Å². The van der Waals surface area contributed by atoms with Crippen molar-refractivity contribution in [1.29, 1.82) is 0 Å². The average molecular weight is 429 g/mol. The van der Waals surface area contributed by atoms with E-state index >= 15 is 0 Å². The molecule has 1 N–H and O–H groups in total. The summed E-state index contributed by atoms with van der Waals surface area (Å²) in [7, 11) is 0. The highest BCUT2D eigenvalue weighted by atomic mass is 16.5. The summed E-state index contributed by atoms with van der Waals surface area (Å²) in [5.74, 6) is 0.543. The minimum Gasteiger partial charge on any atom is -0.490 e. The number of hydrogen-bond donors (Lipinski definition) is 1. The summed E-state index contributed by atoms with van der Waals surface area (Å²) in [6.45, 7) is 2.12. The fraction of sp³-hybridized carbons (Fsp3) is 0.296. The zero-order chi connectivity index (χ0) is 21.9. The lowest BCUT2D eigenvalue weighted by Gasteiger charge is -2.27. The van der Waals surface area contributed by atoms with Crippen molar-refractivity contribution in [3.8, 4) is 5.75 Å². The van der Waals surface area contributed by atoms with Crippen molar-refractivity contribution in [2.24, 2.45) is 0 Å². The number of aliphatic hydroxyl groups excluding tert-OH is 1. The molecule has 1 fully saturated rings. The highest BCUT2D eigenvalue weighted by Gasteiger charge is 2.22. The Bertz CT molecular complexity index is 1190. The lowest BCUT2D eigenvalue weighted by atomic mass is 10.1. The molecule has 1 unspecified atom stereocenters. The number of aromatic nitrogens is 1. The number of rotatable bonds is 6. The molecule has 0 radical (unpaired) electrons. The van der Waals surface area contributed by atoms with Crippen LogP contribution < -0.4 is 4.74 Å². The minimum atomic E-state index is -0.715. The molecule has 1 aliphatic heterocycles. The Morgan fingerprint density at radius 2 is 1.44 bits per heavy atom. The number of likely N-dealkylation sites (tertiary alicyclic amines) is 1. The van der Waals surface area contributed by atoms with E-state index in [0.29, 0.717) is 17.9 Å². The standard InChI is InChI=1S/C27H28N2O3/c30-20(18-29-24-13-5-2-10-21(24)22-11-3-6-14-25(22)29)19-32-26-15-7-4-12-23(26)27(31)28-16-8-1-9-17-28/h2-7,10-15,20,30H,1,8-9,16-19H2. The van der Waals surface area contributed by atoms with Gasteiger partial charge in [0.2, 0.25) is 0 Å². The molecule has 1 atom stereocenters. The number of hydrogen-bond acceptors (Lipinski definition) is 3. The monoisotopic (exact) mass is 428 g/mol. The Morgan fingerprint density at radius 1 is 0.844 bits per heavy atom. The summed E-state index contributed by atoms with van der Waals surface area (Å²) in [5.41, 5.74) is 2.75. The van der Waals surface area contributed by atoms with Gasteiger partial charge in [-0.3, -0.25) is 4.79 Å². The molecule has 5 heteroatoms. The van der Waals surface area contributed by atoms with Gasteiger partial charge in [0.15, 0.2) is 0 Å². The number of carbonyl (C=O) groups excluding carboxylic acids is 1. The zero-order valence-electron chi connectivity index (χ0n) is 18.1. The number of para-hydroxylation sites is 3. The first-order valence-corrected chi connectivity index (χ1v) is 11.4. The number of benzene rings is 3. The van der Waals surface area contributed by atoms with Crippen LogP contribution in [-0.2, 0) is 6.54 Å². The first kappa shape index (κ1) is 20.6. The highest BCUT2D eigenvalue weighted by Crippen LogP contribution is 2.29. The summed E-state index contributed by atoms with van der Waals surface area (Å²) < 4.78 is 8.12. The molecule has 1 saturated heterocycles. The third-order valence-electron chi connectivity index (χ3n) is 6.27. The maximum Gasteiger partial charge on any atom is 0.257 e. The highest BCUT2D eigenvalue weighted by molar-refractivity contribution is 6.07. The summed E-state index contributed by atoms with van der Waals surface area (Å²) in [6, 6.07) is 23.8. The van der Waals surface area contributed by atoms with E-state index in [0.717, 1.165) is 37.0 Å². The van der Waals surface area contributed by atoms with Gasteiger partial charge in [-0.15, -0.1) is 0 Å². The van der Waals surface area contributed by atoms with E-state index in [9.17, 15) is 9.90 Å². The number of ether oxygens (including phenoxy) is 1. The molecular weight excluding hydrogens is 400 g/mol. The topological polar surface area (TPSA) is 54.7 Å². The fourth-order valence-corrected chi connectivity index (χ4v) is 4.69. The Morgan fingerprint density at radius 3 is 2.12 bits per heavy atom. The van der Waals surface area contributed by atoms with Crippen molar-refractivity contribution in [2.45, 2.75) is 31.9 Å². The second-order valence-electron chi connectivity index (χ2n) is 8.46. The first-order chi connectivity index (χ1) is 15.7. The van der Waals surface area contributed by atoms with Crippen molar-refractivity contribution in [3.05, 3.63) is 78.4 Å². The van der Waals surface area contributed by atoms with Gasteiger partial charge in [0.05, 0.1) is 12.1 Å². The molecule has 0 bridgehead atoms. The van der Waals surface area contributed by atoms with E-state index in [4.69, 9.17) is 4.74 Å². The third kappa shape index (κ3) is 3.96. The Kier molecular flexibility index (Phi) is 5.82. The van der Waals surface area contributed by atoms with Gasteiger partial charge in [-0.25, -0.2) is 0 Å². The average Bonchev–Trinajstić information content (AvgIpc) is 3.17. The molecule has 1 aliphatic rings. The van der Waals surface area contributed by atoms with E-state index in [1.54, 1.807) is 0 Å². The molecule has 1 amide bonds. The van der Waals surface area contributed by atoms with Crippen LogP contribution in [0.1, 0.15) is 29.6 Å². The van der Waals surface area contributed by atoms with Crippen molar-refractivity contribution in [2.75, 3.05) is 19.7 Å². The van der Waals surface area contributed by atoms with E-state index in [1.807, 2.05) is 53.4 Å². The number of piperidine rings is 1. The van der Waals surface area contributed by atoms with E-state index < -0.39 is 6.10 Å². The van der Waals surface area contributed by atoms with Gasteiger partial charge < -0.3 is 19.3 Å². The maximum absolute atomic E-state index is 13.0. The Hall–Kier alpha value is -3.31. The van der Waals surface area contributed by atoms with Crippen LogP contribution in [0, 0.1) is 0 Å². The van der Waals surface area contributed by atoms with Gasteiger partial charge in [-0.1, -0.05) is 48.5 Å². The molecule has 0 saturated carbocycles. The summed E-state index contributed by atoms with van der Waals surface area (Å²) in [5, 5.41) is 13.2. The Labute approximate surface area is 187 Å². The Balaban J connectivity index is 1.33. The van der Waals surface area contributed by atoms with Crippen molar-refractivity contribution in [1.82, 2.24) is 9.47 Å². The molecule has 0 spiro atoms. The summed E-state index contributed by atoms with van der Waals surface area (Å²) in [4.78, 5) is 14.9. The number of amides is 1. The van der Waals surface area contributed by atoms with Crippen LogP contribution in [0.4, 0.5) is 0 Å². The van der Waals surface area contributed by atoms with Gasteiger partial charge in [0.25, 0.3) is 5.91 Å². The normalized spacial score (nSPS) is 15.2. The maximum atomic E-state index is 13.0. The van der Waals surface area contributed by atoms with Gasteiger partial charge >= 0.3 is 0 Å². The largest absolute Gasteiger partial charge is 0.490 e. The number of fused-ring (bicyclic) bond motifs is 3. The molecule has 2 heterocycles. The van der Waals surface area contributed by atoms with Gasteiger partial charge in [0.1, 0.15) is 18.5 Å². The minimum absolute atomic E-state index is 0.0113. The van der Waals surface area contributed by atoms with Gasteiger partial charge in [0, 0.05) is 34.9 Å². The smallest absolute Gasteiger partial charge is 0.257 e. The predicted molar refractivity (Wildman–Crippen MR) is 127 cm³/mol. The van der Waals surface area contributed by atoms with Gasteiger partial charge in [-0.05, 0) is 43.5 Å². The molecular formula is C27H28N2O3. The molecule has 32 heavy (non-hydrogen) atoms. The van der Waals surface area contributed by atoms with Crippen LogP contribution in [0.2, 0.25) is 0 Å². The molecule has 3 aromatic carbocycles. The summed E-state index contributed by atoms with van der Waals surface area (Å²) >= 11 is 0. The number of carbonyl (C=O) groups is 1. The van der Waals surface area contributed by atoms with Crippen LogP contribution in [0.15, 0.2) is 72.8 Å². The van der Waals surface area contributed by atoms with Crippen molar-refractivity contribution >= 4 is 27.7 Å². The summed E-state index contributed by atoms with van der Waals surface area (Å²) in [6.07, 6.45) is 2.56. The zero-order valence-corrected chi connectivity index (χ0v) is 18.1. The predicted octanol–water partition coefficient (Wildman–Crippen LogP) is 4.86. The molecule has 5 nitrogen and oxygen atoms in total. The SMILES string of the molecule is O=C(c1ccccc1OCC(O)Cn1c2ccccc2c2ccccc21)N1CCCCC1. The van der Waals surface area contributed by atoms with E-state index in [1.165, 1.54) is 17.2 Å². The molecule has 164 valence electrons. The van der Waals surface area contributed by atoms with Crippen LogP contribution in [0.5, 0.6) is 5.75 Å². The quantitative estimate of drug-likeness (QED) is 0.477. The van der Waals surface area contributed by atoms with Crippen molar-refractivity contribution < 1.29 is 14.6 Å². The van der Waals surface area contributed by atoms with E-state index in [2.05, 4.69) is 28.8 Å². The first-order valence-electron chi connectivity index (χ1n) is 11.4. The number of nitrogens with zero attached hydrogens (tertiary/aromatic N) is 2. The molecule has 1 aromatic heterocycles. The van der Waals surface area contributed by atoms with Gasteiger partial charge in [-0.2, -0.15) is 0 Å². The molecule has 0 aliphatic carbocycles. The fourth-order valence-electron chi connectivity index (χ4n) is 4.69. The molecule has 5 rings (SSSR count). The number of aliphatic hydroxyl groups is 1. The second-order valence-corrected chi connectivity index (χ2v) is 8.46. The third-order valence-corrected chi connectivity index (χ3v) is 6.27. The van der Waals surface area contributed by atoms with Crippen LogP contribution in [0.25, 0.3) is 21.8 Å². The lowest BCUT2D eigenvalue weighted by Crippen LogP contribution is -2.36. The van der Waals surface area contributed by atoms with Crippen LogP contribution in [0.3, 0.4) is 0 Å². The second kappa shape index (κ2) is 9.05. The molecule has 4 aromatic rings. The lowest BCUT2D eigenvalue weighted by molar-refractivity contribution is 0.0705. The van der Waals surface area contributed by atoms with Crippen molar-refractivity contribution in [3.63, 3.8) is 0 Å².